The molecule has 0 bridgehead atoms. The Labute approximate surface area is 54.8 Å². The number of carboxylic acid groups (broad SMARTS) is 1. The molecule has 0 aromatic carbocycles. The first-order valence-corrected chi connectivity index (χ1v) is 2.13. The summed E-state index contributed by atoms with van der Waals surface area (Å²) in [7, 11) is 0. The maximum Gasteiger partial charge on any atom is 0.328 e. The maximum absolute atomic E-state index is 10.1. The van der Waals surface area contributed by atoms with Crippen LogP contribution in [-0.4, -0.2) is 17.0 Å². The van der Waals surface area contributed by atoms with Gasteiger partial charge in [-0.1, -0.05) is 0 Å². The molecule has 0 radical (unpaired) electrons. The number of rotatable bonds is 3. The van der Waals surface area contributed by atoms with Gasteiger partial charge in [0.25, 0.3) is 0 Å². The normalized spacial score (nSPS) is 7.60. The van der Waals surface area contributed by atoms with Gasteiger partial charge in [-0.3, -0.25) is 9.59 Å². The van der Waals surface area contributed by atoms with Crippen LogP contribution in [0.2, 0.25) is 0 Å². The number of hydrogen-bond donors (Lipinski definition) is 1. The summed E-state index contributed by atoms with van der Waals surface area (Å²) in [6, 6.07) is 0. The van der Waals surface area contributed by atoms with Crippen molar-refractivity contribution in [3.8, 4) is 0 Å². The van der Waals surface area contributed by atoms with E-state index in [9.17, 15) is 9.59 Å². The van der Waals surface area contributed by atoms with Gasteiger partial charge >= 0.3 is 11.9 Å². The van der Waals surface area contributed by atoms with Gasteiger partial charge in [0, 0.05) is 4.91 Å². The summed E-state index contributed by atoms with van der Waals surface area (Å²) in [5.41, 5.74) is 7.58. The van der Waals surface area contributed by atoms with Gasteiger partial charge in [-0.25, -0.2) is 0 Å². The molecule has 0 aliphatic heterocycles. The number of hydrogen-bond acceptors (Lipinski definition) is 4. The number of carboxylic acids is 1. The molecule has 0 aliphatic rings. The smallest absolute Gasteiger partial charge is 0.328 e. The number of aliphatic carboxylic acids is 1. The zero-order valence-corrected chi connectivity index (χ0v) is 4.72. The van der Waals surface area contributed by atoms with Crippen LogP contribution in [-0.2, 0) is 14.4 Å². The number of azide groups is 1. The number of nitrogens with zero attached hydrogens (tertiary/aromatic N) is 3. The molecule has 0 aromatic rings. The first-order chi connectivity index (χ1) is 4.66. The third-order valence-corrected chi connectivity index (χ3v) is 0.475. The molecule has 0 saturated heterocycles. The minimum atomic E-state index is -1.34. The van der Waals surface area contributed by atoms with Crippen molar-refractivity contribution >= 4 is 11.9 Å². The Morgan fingerprint density at radius 3 is 2.70 bits per heavy atom. The fraction of sp³-hybridized carbons (Fsp3) is 0.333. The highest BCUT2D eigenvalue weighted by Gasteiger charge is 2.06. The molecule has 7 nitrogen and oxygen atoms in total. The van der Waals surface area contributed by atoms with E-state index < -0.39 is 18.4 Å². The zero-order chi connectivity index (χ0) is 7.98. The van der Waals surface area contributed by atoms with Crippen molar-refractivity contribution in [3.05, 3.63) is 10.4 Å². The lowest BCUT2D eigenvalue weighted by Crippen LogP contribution is -2.06. The predicted molar refractivity (Wildman–Crippen MR) is 27.5 cm³/mol. The molecule has 1 N–H and O–H groups in total. The third-order valence-electron chi connectivity index (χ3n) is 0.475. The SMILES string of the molecule is [N-]=[N+]=NOC(=O)CC(=O)O. The van der Waals surface area contributed by atoms with Crippen LogP contribution >= 0.6 is 0 Å². The molecule has 0 unspecified atom stereocenters. The lowest BCUT2D eigenvalue weighted by atomic mass is 10.5. The molecule has 0 saturated carbocycles. The van der Waals surface area contributed by atoms with Crippen molar-refractivity contribution in [2.75, 3.05) is 0 Å². The number of carbonyl (C=O) groups is 2. The van der Waals surface area contributed by atoms with Gasteiger partial charge in [-0.15, -0.1) is 0 Å². The minimum absolute atomic E-state index is 0.807. The van der Waals surface area contributed by atoms with Gasteiger partial charge in [0.2, 0.25) is 0 Å². The minimum Gasteiger partial charge on any atom is -0.481 e. The van der Waals surface area contributed by atoms with Crippen molar-refractivity contribution in [1.29, 1.82) is 0 Å². The predicted octanol–water partition coefficient (Wildman–Crippen LogP) is 0.230. The average molecular weight is 145 g/mol. The molecule has 0 spiro atoms. The molecular formula is C3H3N3O4. The van der Waals surface area contributed by atoms with E-state index in [4.69, 9.17) is 10.6 Å². The molecule has 7 heteroatoms. The molecule has 10 heavy (non-hydrogen) atoms. The summed E-state index contributed by atoms with van der Waals surface area (Å²) < 4.78 is 0. The zero-order valence-electron chi connectivity index (χ0n) is 4.72. The largest absolute Gasteiger partial charge is 0.481 e. The van der Waals surface area contributed by atoms with E-state index in [-0.39, 0.29) is 0 Å². The molecule has 0 rings (SSSR count). The standard InChI is InChI=1S/C3H3N3O4/c4-5-6-10-3(9)1-2(7)8/h1H2,(H,7,8). The third kappa shape index (κ3) is 4.41. The van der Waals surface area contributed by atoms with E-state index >= 15 is 0 Å². The topological polar surface area (TPSA) is 112 Å². The van der Waals surface area contributed by atoms with Crippen LogP contribution in [0.25, 0.3) is 10.4 Å². The Hall–Kier alpha value is -1.75. The monoisotopic (exact) mass is 145 g/mol. The molecule has 0 heterocycles. The highest BCUT2D eigenvalue weighted by atomic mass is 16.7. The van der Waals surface area contributed by atoms with Crippen LogP contribution in [0.3, 0.4) is 0 Å². The van der Waals surface area contributed by atoms with Gasteiger partial charge in [-0.2, -0.15) is 0 Å². The first kappa shape index (κ1) is 8.25. The van der Waals surface area contributed by atoms with Crippen molar-refractivity contribution in [3.63, 3.8) is 0 Å². The average Bonchev–Trinajstić information content (AvgIpc) is 1.82. The summed E-state index contributed by atoms with van der Waals surface area (Å²) in [4.78, 5) is 25.6. The summed E-state index contributed by atoms with van der Waals surface area (Å²) in [6.07, 6.45) is -0.807. The summed E-state index contributed by atoms with van der Waals surface area (Å²) >= 11 is 0. The molecule has 0 atom stereocenters. The van der Waals surface area contributed by atoms with Crippen LogP contribution in [0, 0.1) is 0 Å². The van der Waals surface area contributed by atoms with Crippen molar-refractivity contribution in [2.24, 2.45) is 5.28 Å². The van der Waals surface area contributed by atoms with Gasteiger partial charge in [-0.05, 0) is 5.53 Å². The van der Waals surface area contributed by atoms with Crippen LogP contribution in [0.1, 0.15) is 6.42 Å². The van der Waals surface area contributed by atoms with Gasteiger partial charge in [0.15, 0.2) is 0 Å². The van der Waals surface area contributed by atoms with Crippen molar-refractivity contribution in [1.82, 2.24) is 0 Å². The Balaban J connectivity index is 3.64. The Bertz CT molecular complexity index is 188. The fourth-order valence-electron chi connectivity index (χ4n) is 0.220. The van der Waals surface area contributed by atoms with Crippen LogP contribution in [0.5, 0.6) is 0 Å². The van der Waals surface area contributed by atoms with E-state index in [0.29, 0.717) is 0 Å². The fourth-order valence-corrected chi connectivity index (χ4v) is 0.220. The van der Waals surface area contributed by atoms with Gasteiger partial charge < -0.3 is 9.94 Å². The molecule has 0 aromatic heterocycles. The first-order valence-electron chi connectivity index (χ1n) is 2.13. The quantitative estimate of drug-likeness (QED) is 0.201. The highest BCUT2D eigenvalue weighted by molar-refractivity contribution is 5.89. The van der Waals surface area contributed by atoms with E-state index in [1.807, 2.05) is 0 Å². The lowest BCUT2D eigenvalue weighted by molar-refractivity contribution is -0.151. The second-order valence-electron chi connectivity index (χ2n) is 1.20. The lowest BCUT2D eigenvalue weighted by Gasteiger charge is -1.88. The highest BCUT2D eigenvalue weighted by Crippen LogP contribution is 1.86. The summed E-state index contributed by atoms with van der Waals surface area (Å²) in [5, 5.41) is 10.3. The van der Waals surface area contributed by atoms with Crippen molar-refractivity contribution in [2.45, 2.75) is 6.42 Å². The molecule has 0 aliphatic carbocycles. The van der Waals surface area contributed by atoms with Crippen LogP contribution in [0.4, 0.5) is 0 Å². The maximum atomic E-state index is 10.1. The van der Waals surface area contributed by atoms with Crippen molar-refractivity contribution < 1.29 is 19.5 Å². The molecule has 54 valence electrons. The molecule has 0 fully saturated rings. The molecular weight excluding hydrogens is 142 g/mol. The number of carbonyl (C=O) groups excluding carboxylic acids is 1. The Kier molecular flexibility index (Phi) is 3.43. The van der Waals surface area contributed by atoms with E-state index in [0.717, 1.165) is 0 Å². The van der Waals surface area contributed by atoms with Gasteiger partial charge in [0.05, 0.1) is 0 Å². The summed E-state index contributed by atoms with van der Waals surface area (Å²) in [5.74, 6) is -2.43. The van der Waals surface area contributed by atoms with E-state index in [1.165, 1.54) is 0 Å². The van der Waals surface area contributed by atoms with E-state index in [1.54, 1.807) is 0 Å². The summed E-state index contributed by atoms with van der Waals surface area (Å²) in [6.45, 7) is 0. The second-order valence-corrected chi connectivity index (χ2v) is 1.20. The van der Waals surface area contributed by atoms with Crippen LogP contribution < -0.4 is 0 Å². The Morgan fingerprint density at radius 2 is 2.30 bits per heavy atom. The Morgan fingerprint density at radius 1 is 1.70 bits per heavy atom. The van der Waals surface area contributed by atoms with Crippen LogP contribution in [0.15, 0.2) is 5.28 Å². The van der Waals surface area contributed by atoms with E-state index in [2.05, 4.69) is 15.0 Å². The second kappa shape index (κ2) is 4.16. The molecule has 0 amide bonds. The van der Waals surface area contributed by atoms with Gasteiger partial charge in [0.1, 0.15) is 11.7 Å².